The van der Waals surface area contributed by atoms with Gasteiger partial charge in [0.05, 0.1) is 18.2 Å². The molecule has 0 saturated carbocycles. The monoisotopic (exact) mass is 353 g/mol. The number of thioether (sulfide) groups is 1. The number of benzene rings is 1. The summed E-state index contributed by atoms with van der Waals surface area (Å²) in [5.41, 5.74) is 0.965. The van der Waals surface area contributed by atoms with Crippen LogP contribution in [-0.2, 0) is 20.7 Å². The highest BCUT2D eigenvalue weighted by Gasteiger charge is 2.25. The van der Waals surface area contributed by atoms with Crippen LogP contribution < -0.4 is 5.32 Å². The Morgan fingerprint density at radius 3 is 2.88 bits per heavy atom. The first-order valence-corrected chi connectivity index (χ1v) is 7.57. The molecule has 6 nitrogen and oxygen atoms in total. The van der Waals surface area contributed by atoms with Gasteiger partial charge in [-0.2, -0.15) is 5.10 Å². The fourth-order valence-corrected chi connectivity index (χ4v) is 2.54. The molecule has 1 fully saturated rings. The van der Waals surface area contributed by atoms with Gasteiger partial charge < -0.3 is 4.74 Å². The SMILES string of the molecule is COC(=O)/C=C1/S/C(=N\N=Cc2ccccc2CC(F)F)NC1=O. The zero-order valence-electron chi connectivity index (χ0n) is 12.5. The van der Waals surface area contributed by atoms with Crippen LogP contribution in [0.3, 0.4) is 0 Å². The van der Waals surface area contributed by atoms with Crippen LogP contribution >= 0.6 is 11.8 Å². The first-order chi connectivity index (χ1) is 11.5. The second-order valence-electron chi connectivity index (χ2n) is 4.53. The summed E-state index contributed by atoms with van der Waals surface area (Å²) in [6.07, 6.45) is -0.457. The van der Waals surface area contributed by atoms with E-state index in [1.165, 1.54) is 13.3 Å². The van der Waals surface area contributed by atoms with E-state index in [2.05, 4.69) is 20.3 Å². The van der Waals surface area contributed by atoms with Gasteiger partial charge >= 0.3 is 5.97 Å². The Hall–Kier alpha value is -2.55. The number of nitrogens with zero attached hydrogens (tertiary/aromatic N) is 2. The van der Waals surface area contributed by atoms with E-state index < -0.39 is 18.3 Å². The van der Waals surface area contributed by atoms with Gasteiger partial charge in [-0.15, -0.1) is 5.10 Å². The van der Waals surface area contributed by atoms with Crippen LogP contribution in [-0.4, -0.2) is 36.8 Å². The van der Waals surface area contributed by atoms with E-state index >= 15 is 0 Å². The molecular formula is C15H13F2N3O3S. The van der Waals surface area contributed by atoms with Crippen molar-refractivity contribution >= 4 is 35.0 Å². The number of amidine groups is 1. The number of carbonyl (C=O) groups excluding carboxylic acids is 2. The molecule has 0 unspecified atom stereocenters. The van der Waals surface area contributed by atoms with Crippen LogP contribution in [0, 0.1) is 0 Å². The third kappa shape index (κ3) is 4.98. The molecule has 1 amide bonds. The van der Waals surface area contributed by atoms with Gasteiger partial charge in [0, 0.05) is 12.5 Å². The maximum atomic E-state index is 12.5. The van der Waals surface area contributed by atoms with Gasteiger partial charge in [-0.05, 0) is 22.9 Å². The van der Waals surface area contributed by atoms with Crippen molar-refractivity contribution in [2.24, 2.45) is 10.2 Å². The molecule has 1 saturated heterocycles. The van der Waals surface area contributed by atoms with E-state index in [4.69, 9.17) is 0 Å². The van der Waals surface area contributed by atoms with Gasteiger partial charge in [-0.3, -0.25) is 10.1 Å². The topological polar surface area (TPSA) is 80.1 Å². The Kier molecular flexibility index (Phi) is 6.19. The lowest BCUT2D eigenvalue weighted by molar-refractivity contribution is -0.135. The molecule has 1 aromatic rings. The summed E-state index contributed by atoms with van der Waals surface area (Å²) in [7, 11) is 1.20. The predicted octanol–water partition coefficient (Wildman–Crippen LogP) is 2.10. The Morgan fingerprint density at radius 2 is 2.17 bits per heavy atom. The number of esters is 1. The molecule has 24 heavy (non-hydrogen) atoms. The maximum absolute atomic E-state index is 12.5. The summed E-state index contributed by atoms with van der Waals surface area (Å²) >= 11 is 0.928. The van der Waals surface area contributed by atoms with Crippen LogP contribution in [0.2, 0.25) is 0 Å². The molecule has 0 spiro atoms. The molecule has 1 aliphatic heterocycles. The van der Waals surface area contributed by atoms with E-state index in [9.17, 15) is 18.4 Å². The number of halogens is 2. The number of methoxy groups -OCH3 is 1. The number of hydrogen-bond acceptors (Lipinski definition) is 6. The third-order valence-corrected chi connectivity index (χ3v) is 3.78. The van der Waals surface area contributed by atoms with Gasteiger partial charge in [0.2, 0.25) is 6.43 Å². The zero-order chi connectivity index (χ0) is 17.5. The van der Waals surface area contributed by atoms with Crippen molar-refractivity contribution in [1.29, 1.82) is 0 Å². The molecule has 1 aromatic carbocycles. The maximum Gasteiger partial charge on any atom is 0.331 e. The van der Waals surface area contributed by atoms with E-state index in [-0.39, 0.29) is 16.5 Å². The summed E-state index contributed by atoms with van der Waals surface area (Å²) in [6.45, 7) is 0. The number of nitrogens with one attached hydrogen (secondary N) is 1. The fraction of sp³-hybridized carbons (Fsp3) is 0.200. The van der Waals surface area contributed by atoms with Crippen LogP contribution in [0.4, 0.5) is 8.78 Å². The number of carbonyl (C=O) groups is 2. The van der Waals surface area contributed by atoms with E-state index in [1.54, 1.807) is 24.3 Å². The van der Waals surface area contributed by atoms with Crippen molar-refractivity contribution in [2.75, 3.05) is 7.11 Å². The summed E-state index contributed by atoms with van der Waals surface area (Å²) in [5.74, 6) is -1.14. The van der Waals surface area contributed by atoms with Crippen LogP contribution in [0.1, 0.15) is 11.1 Å². The summed E-state index contributed by atoms with van der Waals surface area (Å²) < 4.78 is 29.5. The van der Waals surface area contributed by atoms with E-state index in [0.717, 1.165) is 17.8 Å². The van der Waals surface area contributed by atoms with Crippen LogP contribution in [0.15, 0.2) is 45.4 Å². The lowest BCUT2D eigenvalue weighted by atomic mass is 10.1. The lowest BCUT2D eigenvalue weighted by Crippen LogP contribution is -2.19. The average Bonchev–Trinajstić information content (AvgIpc) is 2.88. The molecule has 0 bridgehead atoms. The van der Waals surface area contributed by atoms with Gasteiger partial charge in [0.1, 0.15) is 0 Å². The molecule has 1 heterocycles. The third-order valence-electron chi connectivity index (χ3n) is 2.88. The Morgan fingerprint density at radius 1 is 1.42 bits per heavy atom. The fourth-order valence-electron chi connectivity index (χ4n) is 1.80. The first kappa shape index (κ1) is 17.8. The van der Waals surface area contributed by atoms with E-state index in [0.29, 0.717) is 11.1 Å². The Bertz CT molecular complexity index is 732. The number of rotatable bonds is 5. The smallest absolute Gasteiger partial charge is 0.331 e. The van der Waals surface area contributed by atoms with Crippen molar-refractivity contribution in [3.8, 4) is 0 Å². The molecule has 0 aliphatic carbocycles. The summed E-state index contributed by atoms with van der Waals surface area (Å²) in [4.78, 5) is 22.9. The highest BCUT2D eigenvalue weighted by molar-refractivity contribution is 8.18. The Labute approximate surface area is 140 Å². The standard InChI is InChI=1S/C15H13F2N3O3S/c1-23-13(21)7-11-14(22)19-15(24-11)20-18-8-10-5-3-2-4-9(10)6-12(16)17/h2-5,7-8,12H,6H2,1H3,(H,19,20,22)/b11-7+,18-8?. The predicted molar refractivity (Wildman–Crippen MR) is 87.0 cm³/mol. The number of ether oxygens (including phenoxy) is 1. The van der Waals surface area contributed by atoms with Crippen molar-refractivity contribution in [2.45, 2.75) is 12.8 Å². The summed E-state index contributed by atoms with van der Waals surface area (Å²) in [6, 6.07) is 6.60. The Balaban J connectivity index is 2.09. The zero-order valence-corrected chi connectivity index (χ0v) is 13.3. The largest absolute Gasteiger partial charge is 0.466 e. The van der Waals surface area contributed by atoms with Crippen molar-refractivity contribution in [3.63, 3.8) is 0 Å². The van der Waals surface area contributed by atoms with Gasteiger partial charge in [-0.25, -0.2) is 13.6 Å². The second kappa shape index (κ2) is 8.34. The first-order valence-electron chi connectivity index (χ1n) is 6.75. The summed E-state index contributed by atoms with van der Waals surface area (Å²) in [5, 5.41) is 10.2. The molecule has 0 atom stereocenters. The number of hydrogen-bond donors (Lipinski definition) is 1. The minimum Gasteiger partial charge on any atom is -0.466 e. The van der Waals surface area contributed by atoms with Gasteiger partial charge in [0.25, 0.3) is 5.91 Å². The molecule has 0 aromatic heterocycles. The molecule has 126 valence electrons. The van der Waals surface area contributed by atoms with Crippen molar-refractivity contribution in [3.05, 3.63) is 46.4 Å². The van der Waals surface area contributed by atoms with Crippen LogP contribution in [0.5, 0.6) is 0 Å². The molecule has 1 aliphatic rings. The van der Waals surface area contributed by atoms with Crippen molar-refractivity contribution < 1.29 is 23.1 Å². The molecule has 9 heteroatoms. The normalized spacial score (nSPS) is 17.9. The van der Waals surface area contributed by atoms with Crippen LogP contribution in [0.25, 0.3) is 0 Å². The molecule has 2 rings (SSSR count). The number of alkyl halides is 2. The second-order valence-corrected chi connectivity index (χ2v) is 5.56. The molecule has 1 N–H and O–H groups in total. The molecular weight excluding hydrogens is 340 g/mol. The van der Waals surface area contributed by atoms with Gasteiger partial charge in [-0.1, -0.05) is 24.3 Å². The highest BCUT2D eigenvalue weighted by Crippen LogP contribution is 2.23. The molecule has 0 radical (unpaired) electrons. The number of amides is 1. The quantitative estimate of drug-likeness (QED) is 0.380. The van der Waals surface area contributed by atoms with Crippen molar-refractivity contribution in [1.82, 2.24) is 5.32 Å². The minimum atomic E-state index is -2.46. The highest BCUT2D eigenvalue weighted by atomic mass is 32.2. The average molecular weight is 353 g/mol. The lowest BCUT2D eigenvalue weighted by Gasteiger charge is -2.03. The van der Waals surface area contributed by atoms with E-state index in [1.807, 2.05) is 0 Å². The van der Waals surface area contributed by atoms with Gasteiger partial charge in [0.15, 0.2) is 5.17 Å². The minimum absolute atomic E-state index is 0.133.